The van der Waals surface area contributed by atoms with Gasteiger partial charge in [0.1, 0.15) is 12.3 Å². The lowest BCUT2D eigenvalue weighted by Crippen LogP contribution is -2.38. The number of methoxy groups -OCH3 is 1. The molecule has 0 fully saturated rings. The summed E-state index contributed by atoms with van der Waals surface area (Å²) in [5.74, 6) is 0.0142. The third-order valence-corrected chi connectivity index (χ3v) is 7.09. The fourth-order valence-electron chi connectivity index (χ4n) is 2.83. The van der Waals surface area contributed by atoms with Crippen LogP contribution in [0.1, 0.15) is 5.56 Å². The van der Waals surface area contributed by atoms with Crippen LogP contribution in [0.25, 0.3) is 0 Å². The number of anilines is 2. The highest BCUT2D eigenvalue weighted by molar-refractivity contribution is 9.10. The first-order valence-corrected chi connectivity index (χ1v) is 11.8. The zero-order valence-corrected chi connectivity index (χ0v) is 20.0. The maximum Gasteiger partial charge on any atom is 0.264 e. The monoisotopic (exact) mass is 522 g/mol. The Morgan fingerprint density at radius 1 is 1.06 bits per heavy atom. The zero-order chi connectivity index (χ0) is 22.6. The molecule has 0 saturated heterocycles. The van der Waals surface area contributed by atoms with Crippen LogP contribution in [0.4, 0.5) is 11.4 Å². The van der Waals surface area contributed by atoms with Gasteiger partial charge in [0.05, 0.1) is 22.2 Å². The van der Waals surface area contributed by atoms with Crippen LogP contribution in [0, 0.1) is 6.92 Å². The molecule has 0 aliphatic heterocycles. The maximum atomic E-state index is 13.5. The third kappa shape index (κ3) is 5.58. The normalized spacial score (nSPS) is 11.1. The van der Waals surface area contributed by atoms with E-state index in [1.165, 1.54) is 19.2 Å². The molecule has 0 radical (unpaired) electrons. The number of carbonyl (C=O) groups is 1. The molecule has 1 N–H and O–H groups in total. The number of rotatable bonds is 7. The van der Waals surface area contributed by atoms with Crippen molar-refractivity contribution in [3.05, 3.63) is 81.8 Å². The van der Waals surface area contributed by atoms with E-state index in [-0.39, 0.29) is 4.90 Å². The molecule has 3 aromatic rings. The highest BCUT2D eigenvalue weighted by atomic mass is 79.9. The van der Waals surface area contributed by atoms with Gasteiger partial charge in [-0.05, 0) is 77.5 Å². The molecule has 6 nitrogen and oxygen atoms in total. The summed E-state index contributed by atoms with van der Waals surface area (Å²) in [5.41, 5.74) is 1.87. The van der Waals surface area contributed by atoms with E-state index in [1.54, 1.807) is 54.6 Å². The Hall–Kier alpha value is -2.55. The second-order valence-corrected chi connectivity index (χ2v) is 9.85. The number of nitrogens with one attached hydrogen (secondary N) is 1. The summed E-state index contributed by atoms with van der Waals surface area (Å²) in [6.45, 7) is 1.49. The highest BCUT2D eigenvalue weighted by Gasteiger charge is 2.28. The number of amides is 1. The molecular formula is C22H20BrClN2O4S. The van der Waals surface area contributed by atoms with Crippen LogP contribution in [0.5, 0.6) is 5.75 Å². The first-order valence-electron chi connectivity index (χ1n) is 9.19. The van der Waals surface area contributed by atoms with Gasteiger partial charge in [0.2, 0.25) is 5.91 Å². The van der Waals surface area contributed by atoms with Crippen LogP contribution >= 0.6 is 27.5 Å². The Bertz CT molecular complexity index is 1180. The van der Waals surface area contributed by atoms with E-state index in [0.717, 1.165) is 9.87 Å². The SMILES string of the molecule is COc1ccc(S(=O)(=O)N(CC(=O)Nc2ccc(Cl)cc2)c2ccc(C)cc2)cc1Br. The van der Waals surface area contributed by atoms with Gasteiger partial charge in [-0.1, -0.05) is 29.3 Å². The quantitative estimate of drug-likeness (QED) is 0.459. The number of sulfonamides is 1. The minimum Gasteiger partial charge on any atom is -0.496 e. The molecule has 0 heterocycles. The van der Waals surface area contributed by atoms with Gasteiger partial charge in [0.25, 0.3) is 10.0 Å². The van der Waals surface area contributed by atoms with Crippen molar-refractivity contribution in [1.29, 1.82) is 0 Å². The van der Waals surface area contributed by atoms with E-state index in [0.29, 0.717) is 26.6 Å². The fourth-order valence-corrected chi connectivity index (χ4v) is 5.09. The predicted octanol–water partition coefficient (Wildman–Crippen LogP) is 5.25. The summed E-state index contributed by atoms with van der Waals surface area (Å²) in [4.78, 5) is 12.7. The molecular weight excluding hydrogens is 504 g/mol. The lowest BCUT2D eigenvalue weighted by Gasteiger charge is -2.24. The topological polar surface area (TPSA) is 75.7 Å². The second kappa shape index (κ2) is 9.72. The predicted molar refractivity (Wildman–Crippen MR) is 126 cm³/mol. The molecule has 3 rings (SSSR count). The van der Waals surface area contributed by atoms with Gasteiger partial charge >= 0.3 is 0 Å². The van der Waals surface area contributed by atoms with E-state index in [9.17, 15) is 13.2 Å². The Kier molecular flexibility index (Phi) is 7.25. The molecule has 3 aromatic carbocycles. The van der Waals surface area contributed by atoms with E-state index < -0.39 is 22.5 Å². The summed E-state index contributed by atoms with van der Waals surface area (Å²) in [6, 6.07) is 17.9. The third-order valence-electron chi connectivity index (χ3n) is 4.45. The number of halogens is 2. The molecule has 0 spiro atoms. The minimum atomic E-state index is -4.04. The van der Waals surface area contributed by atoms with E-state index in [2.05, 4.69) is 21.2 Å². The van der Waals surface area contributed by atoms with Crippen LogP contribution in [0.15, 0.2) is 76.1 Å². The van der Waals surface area contributed by atoms with Crippen LogP contribution in [-0.2, 0) is 14.8 Å². The van der Waals surface area contributed by atoms with Crippen molar-refractivity contribution in [2.24, 2.45) is 0 Å². The van der Waals surface area contributed by atoms with Crippen LogP contribution in [0.2, 0.25) is 5.02 Å². The lowest BCUT2D eigenvalue weighted by molar-refractivity contribution is -0.114. The molecule has 0 aromatic heterocycles. The molecule has 0 unspecified atom stereocenters. The lowest BCUT2D eigenvalue weighted by atomic mass is 10.2. The van der Waals surface area contributed by atoms with E-state index in [4.69, 9.17) is 16.3 Å². The molecule has 0 aliphatic carbocycles. The van der Waals surface area contributed by atoms with Gasteiger partial charge in [-0.25, -0.2) is 8.42 Å². The molecule has 0 atom stereocenters. The summed E-state index contributed by atoms with van der Waals surface area (Å²) >= 11 is 9.19. The summed E-state index contributed by atoms with van der Waals surface area (Å²) in [6.07, 6.45) is 0. The van der Waals surface area contributed by atoms with Gasteiger partial charge in [-0.15, -0.1) is 0 Å². The number of carbonyl (C=O) groups excluding carboxylic acids is 1. The van der Waals surface area contributed by atoms with E-state index in [1.807, 2.05) is 6.92 Å². The van der Waals surface area contributed by atoms with Gasteiger partial charge in [0.15, 0.2) is 0 Å². The average Bonchev–Trinajstić information content (AvgIpc) is 2.74. The Morgan fingerprint density at radius 3 is 2.29 bits per heavy atom. The Morgan fingerprint density at radius 2 is 1.71 bits per heavy atom. The zero-order valence-electron chi connectivity index (χ0n) is 16.8. The minimum absolute atomic E-state index is 0.0278. The largest absolute Gasteiger partial charge is 0.496 e. The van der Waals surface area contributed by atoms with Crippen molar-refractivity contribution < 1.29 is 17.9 Å². The summed E-state index contributed by atoms with van der Waals surface area (Å²) in [7, 11) is -2.55. The molecule has 31 heavy (non-hydrogen) atoms. The average molecular weight is 524 g/mol. The second-order valence-electron chi connectivity index (χ2n) is 6.70. The van der Waals surface area contributed by atoms with E-state index >= 15 is 0 Å². The molecule has 0 aliphatic rings. The Labute approximate surface area is 195 Å². The summed E-state index contributed by atoms with van der Waals surface area (Å²) < 4.78 is 33.7. The fraction of sp³-hybridized carbons (Fsp3) is 0.136. The van der Waals surface area contributed by atoms with Crippen LogP contribution in [-0.4, -0.2) is 28.0 Å². The van der Waals surface area contributed by atoms with Crippen molar-refractivity contribution in [2.45, 2.75) is 11.8 Å². The number of ether oxygens (including phenoxy) is 1. The van der Waals surface area contributed by atoms with Crippen molar-refractivity contribution in [2.75, 3.05) is 23.3 Å². The smallest absolute Gasteiger partial charge is 0.264 e. The molecule has 162 valence electrons. The molecule has 0 saturated carbocycles. The highest BCUT2D eigenvalue weighted by Crippen LogP contribution is 2.31. The number of hydrogen-bond donors (Lipinski definition) is 1. The first kappa shape index (κ1) is 23.1. The van der Waals surface area contributed by atoms with Gasteiger partial charge < -0.3 is 10.1 Å². The van der Waals surface area contributed by atoms with Gasteiger partial charge in [-0.3, -0.25) is 9.10 Å². The van der Waals surface area contributed by atoms with Gasteiger partial charge in [-0.2, -0.15) is 0 Å². The van der Waals surface area contributed by atoms with Crippen molar-refractivity contribution in [3.8, 4) is 5.75 Å². The number of aryl methyl sites for hydroxylation is 1. The maximum absolute atomic E-state index is 13.5. The standard InChI is InChI=1S/C22H20BrClN2O4S/c1-15-3-9-18(10-4-15)26(14-22(27)25-17-7-5-16(24)6-8-17)31(28,29)19-11-12-21(30-2)20(23)13-19/h3-13H,14H2,1-2H3,(H,25,27). The van der Waals surface area contributed by atoms with Crippen molar-refractivity contribution >= 4 is 54.8 Å². The first-order chi connectivity index (χ1) is 14.7. The summed E-state index contributed by atoms with van der Waals surface area (Å²) in [5, 5.41) is 3.24. The number of benzene rings is 3. The molecule has 9 heteroatoms. The Balaban J connectivity index is 1.95. The number of hydrogen-bond acceptors (Lipinski definition) is 4. The van der Waals surface area contributed by atoms with Crippen molar-refractivity contribution in [3.63, 3.8) is 0 Å². The van der Waals surface area contributed by atoms with Crippen molar-refractivity contribution in [1.82, 2.24) is 0 Å². The number of nitrogens with zero attached hydrogens (tertiary/aromatic N) is 1. The van der Waals surface area contributed by atoms with Crippen LogP contribution in [0.3, 0.4) is 0 Å². The molecule has 1 amide bonds. The van der Waals surface area contributed by atoms with Gasteiger partial charge in [0, 0.05) is 10.7 Å². The molecule has 0 bridgehead atoms. The van der Waals surface area contributed by atoms with Crippen LogP contribution < -0.4 is 14.4 Å².